The molecule has 1 atom stereocenters. The minimum atomic E-state index is -4.73. The normalized spacial score (nSPS) is 13.4. The molecule has 18 heavy (non-hydrogen) atoms. The van der Waals surface area contributed by atoms with Crippen LogP contribution >= 0.6 is 15.9 Å². The number of hydrogen-bond donors (Lipinski definition) is 2. The van der Waals surface area contributed by atoms with E-state index < -0.39 is 12.4 Å². The van der Waals surface area contributed by atoms with Gasteiger partial charge >= 0.3 is 6.36 Å². The maximum atomic E-state index is 12.2. The zero-order valence-corrected chi connectivity index (χ0v) is 11.1. The summed E-state index contributed by atoms with van der Waals surface area (Å²) in [6.07, 6.45) is -3.59. The van der Waals surface area contributed by atoms with E-state index in [1.165, 1.54) is 18.2 Å². The molecule has 0 aliphatic carbocycles. The van der Waals surface area contributed by atoms with E-state index in [0.29, 0.717) is 29.4 Å². The molecule has 0 saturated heterocycles. The van der Waals surface area contributed by atoms with Crippen molar-refractivity contribution in [1.82, 2.24) is 0 Å². The lowest BCUT2D eigenvalue weighted by atomic mass is 10.0. The van der Waals surface area contributed by atoms with Crippen LogP contribution in [0.4, 0.5) is 13.2 Å². The fourth-order valence-corrected chi connectivity index (χ4v) is 1.90. The SMILES string of the molecule is NCCC[C@H](N)c1cc(Br)ccc1OC(F)(F)F. The summed E-state index contributed by atoms with van der Waals surface area (Å²) in [5.74, 6) is -0.268. The van der Waals surface area contributed by atoms with Crippen LogP contribution in [0.1, 0.15) is 24.4 Å². The van der Waals surface area contributed by atoms with Crippen LogP contribution in [0.3, 0.4) is 0 Å². The Balaban J connectivity index is 2.96. The Morgan fingerprint density at radius 2 is 2.00 bits per heavy atom. The summed E-state index contributed by atoms with van der Waals surface area (Å²) in [6, 6.07) is 3.71. The third-order valence-corrected chi connectivity index (χ3v) is 2.81. The number of hydrogen-bond acceptors (Lipinski definition) is 3. The van der Waals surface area contributed by atoms with E-state index in [9.17, 15) is 13.2 Å². The molecule has 1 aromatic rings. The predicted octanol–water partition coefficient (Wildman–Crippen LogP) is 3.09. The monoisotopic (exact) mass is 326 g/mol. The van der Waals surface area contributed by atoms with Crippen LogP contribution in [-0.4, -0.2) is 12.9 Å². The summed E-state index contributed by atoms with van der Waals surface area (Å²) in [4.78, 5) is 0. The van der Waals surface area contributed by atoms with Gasteiger partial charge in [0.1, 0.15) is 5.75 Å². The van der Waals surface area contributed by atoms with E-state index in [-0.39, 0.29) is 5.75 Å². The molecule has 0 aliphatic rings. The second-order valence-corrected chi connectivity index (χ2v) is 4.68. The van der Waals surface area contributed by atoms with Crippen molar-refractivity contribution in [2.24, 2.45) is 11.5 Å². The molecule has 7 heteroatoms. The summed E-state index contributed by atoms with van der Waals surface area (Å²) in [7, 11) is 0. The minimum absolute atomic E-state index is 0.268. The molecule has 0 aliphatic heterocycles. The van der Waals surface area contributed by atoms with Crippen molar-refractivity contribution in [2.75, 3.05) is 6.54 Å². The number of halogens is 4. The Kier molecular flexibility index (Phi) is 5.43. The first kappa shape index (κ1) is 15.3. The topological polar surface area (TPSA) is 61.3 Å². The van der Waals surface area contributed by atoms with Crippen molar-refractivity contribution < 1.29 is 17.9 Å². The lowest BCUT2D eigenvalue weighted by molar-refractivity contribution is -0.275. The summed E-state index contributed by atoms with van der Waals surface area (Å²) in [6.45, 7) is 0.442. The van der Waals surface area contributed by atoms with Gasteiger partial charge in [0.15, 0.2) is 0 Å². The van der Waals surface area contributed by atoms with Crippen LogP contribution in [-0.2, 0) is 0 Å². The molecule has 0 radical (unpaired) electrons. The maximum absolute atomic E-state index is 12.2. The fourth-order valence-electron chi connectivity index (χ4n) is 1.52. The van der Waals surface area contributed by atoms with E-state index in [0.717, 1.165) is 0 Å². The van der Waals surface area contributed by atoms with Crippen LogP contribution in [0, 0.1) is 0 Å². The smallest absolute Gasteiger partial charge is 0.405 e. The average Bonchev–Trinajstić information content (AvgIpc) is 2.26. The van der Waals surface area contributed by atoms with Crippen LogP contribution in [0.15, 0.2) is 22.7 Å². The number of nitrogens with two attached hydrogens (primary N) is 2. The molecule has 0 aromatic heterocycles. The van der Waals surface area contributed by atoms with Gasteiger partial charge in [0.25, 0.3) is 0 Å². The highest BCUT2D eigenvalue weighted by molar-refractivity contribution is 9.10. The van der Waals surface area contributed by atoms with Crippen LogP contribution in [0.5, 0.6) is 5.75 Å². The van der Waals surface area contributed by atoms with Crippen LogP contribution in [0.2, 0.25) is 0 Å². The highest BCUT2D eigenvalue weighted by atomic mass is 79.9. The van der Waals surface area contributed by atoms with Crippen molar-refractivity contribution in [2.45, 2.75) is 25.2 Å². The lowest BCUT2D eigenvalue weighted by Crippen LogP contribution is -2.20. The van der Waals surface area contributed by atoms with Gasteiger partial charge in [0.05, 0.1) is 0 Å². The van der Waals surface area contributed by atoms with Gasteiger partial charge in [0, 0.05) is 16.1 Å². The van der Waals surface area contributed by atoms with E-state index in [1.54, 1.807) is 0 Å². The molecule has 4 N–H and O–H groups in total. The van der Waals surface area contributed by atoms with Gasteiger partial charge in [-0.05, 0) is 37.6 Å². The van der Waals surface area contributed by atoms with Crippen molar-refractivity contribution in [1.29, 1.82) is 0 Å². The molecule has 0 fully saturated rings. The second-order valence-electron chi connectivity index (χ2n) is 3.77. The quantitative estimate of drug-likeness (QED) is 0.874. The first-order valence-corrected chi connectivity index (χ1v) is 6.13. The van der Waals surface area contributed by atoms with Gasteiger partial charge in [-0.3, -0.25) is 0 Å². The highest BCUT2D eigenvalue weighted by Gasteiger charge is 2.32. The van der Waals surface area contributed by atoms with E-state index in [4.69, 9.17) is 11.5 Å². The highest BCUT2D eigenvalue weighted by Crippen LogP contribution is 2.33. The largest absolute Gasteiger partial charge is 0.573 e. The first-order chi connectivity index (χ1) is 8.33. The second kappa shape index (κ2) is 6.40. The van der Waals surface area contributed by atoms with Gasteiger partial charge in [-0.15, -0.1) is 13.2 Å². The summed E-state index contributed by atoms with van der Waals surface area (Å²) in [5, 5.41) is 0. The minimum Gasteiger partial charge on any atom is -0.405 e. The van der Waals surface area contributed by atoms with Gasteiger partial charge in [-0.1, -0.05) is 15.9 Å². The molecule has 102 valence electrons. The van der Waals surface area contributed by atoms with E-state index in [1.807, 2.05) is 0 Å². The summed E-state index contributed by atoms with van der Waals surface area (Å²) >= 11 is 3.20. The third kappa shape index (κ3) is 4.83. The fraction of sp³-hybridized carbons (Fsp3) is 0.455. The summed E-state index contributed by atoms with van der Waals surface area (Å²) < 4.78 is 41.3. The molecular formula is C11H14BrF3N2O. The van der Waals surface area contributed by atoms with Gasteiger partial charge in [-0.25, -0.2) is 0 Å². The zero-order valence-electron chi connectivity index (χ0n) is 9.51. The third-order valence-electron chi connectivity index (χ3n) is 2.32. The average molecular weight is 327 g/mol. The summed E-state index contributed by atoms with van der Waals surface area (Å²) in [5.41, 5.74) is 11.5. The van der Waals surface area contributed by atoms with E-state index >= 15 is 0 Å². The number of ether oxygens (including phenoxy) is 1. The molecule has 0 amide bonds. The molecule has 0 spiro atoms. The van der Waals surface area contributed by atoms with Gasteiger partial charge in [0.2, 0.25) is 0 Å². The van der Waals surface area contributed by atoms with Crippen molar-refractivity contribution in [3.63, 3.8) is 0 Å². The Bertz CT molecular complexity index is 398. The molecule has 0 heterocycles. The lowest BCUT2D eigenvalue weighted by Gasteiger charge is -2.18. The van der Waals surface area contributed by atoms with Crippen LogP contribution in [0.25, 0.3) is 0 Å². The molecule has 3 nitrogen and oxygen atoms in total. The standard InChI is InChI=1S/C11H14BrF3N2O/c12-7-3-4-10(18-11(13,14)15)8(6-7)9(17)2-1-5-16/h3-4,6,9H,1-2,5,16-17H2/t9-/m0/s1. The zero-order chi connectivity index (χ0) is 13.8. The van der Waals surface area contributed by atoms with Crippen molar-refractivity contribution >= 4 is 15.9 Å². The molecule has 1 aromatic carbocycles. The molecule has 0 saturated carbocycles. The number of rotatable bonds is 5. The van der Waals surface area contributed by atoms with Gasteiger partial charge in [-0.2, -0.15) is 0 Å². The number of benzene rings is 1. The molecule has 1 rings (SSSR count). The maximum Gasteiger partial charge on any atom is 0.573 e. The Labute approximate surface area is 111 Å². The van der Waals surface area contributed by atoms with Gasteiger partial charge < -0.3 is 16.2 Å². The van der Waals surface area contributed by atoms with Crippen LogP contribution < -0.4 is 16.2 Å². The predicted molar refractivity (Wildman–Crippen MR) is 66.0 cm³/mol. The van der Waals surface area contributed by atoms with Crippen molar-refractivity contribution in [3.05, 3.63) is 28.2 Å². The Morgan fingerprint density at radius 3 is 2.56 bits per heavy atom. The first-order valence-electron chi connectivity index (χ1n) is 5.34. The van der Waals surface area contributed by atoms with Crippen molar-refractivity contribution in [3.8, 4) is 5.75 Å². The molecule has 0 bridgehead atoms. The Hall–Kier alpha value is -0.790. The van der Waals surface area contributed by atoms with E-state index in [2.05, 4.69) is 20.7 Å². The number of alkyl halides is 3. The Morgan fingerprint density at radius 1 is 1.33 bits per heavy atom. The molecule has 0 unspecified atom stereocenters. The molecular weight excluding hydrogens is 313 g/mol.